The van der Waals surface area contributed by atoms with Crippen LogP contribution in [0.1, 0.15) is 11.1 Å². The predicted molar refractivity (Wildman–Crippen MR) is 99.3 cm³/mol. The Bertz CT molecular complexity index is 841. The van der Waals surface area contributed by atoms with Crippen LogP contribution in [0.4, 0.5) is 0 Å². The molecule has 3 rings (SSSR count). The number of cyclic esters (lactones) is 1. The molecule has 122 valence electrons. The number of aliphatic imine (C=N–C) groups is 1. The Morgan fingerprint density at radius 2 is 1.83 bits per heavy atom. The number of methoxy groups -OCH3 is 2. The summed E-state index contributed by atoms with van der Waals surface area (Å²) in [5, 5.41) is 0. The first-order chi connectivity index (χ1) is 11.6. The van der Waals surface area contributed by atoms with E-state index >= 15 is 0 Å². The van der Waals surface area contributed by atoms with E-state index in [0.29, 0.717) is 23.0 Å². The normalized spacial score (nSPS) is 15.2. The van der Waals surface area contributed by atoms with Crippen LogP contribution < -0.4 is 9.47 Å². The minimum atomic E-state index is -0.492. The molecule has 0 atom stereocenters. The van der Waals surface area contributed by atoms with Crippen molar-refractivity contribution >= 4 is 40.5 Å². The van der Waals surface area contributed by atoms with Gasteiger partial charge in [-0.3, -0.25) is 0 Å². The Kier molecular flexibility index (Phi) is 4.84. The third-order valence-corrected chi connectivity index (χ3v) is 4.16. The van der Waals surface area contributed by atoms with E-state index in [9.17, 15) is 4.79 Å². The van der Waals surface area contributed by atoms with Crippen LogP contribution in [0.2, 0.25) is 0 Å². The second-order valence-electron chi connectivity index (χ2n) is 4.93. The Hall–Kier alpha value is -2.35. The summed E-state index contributed by atoms with van der Waals surface area (Å²) in [6, 6.07) is 13.0. The molecule has 0 aromatic heterocycles. The van der Waals surface area contributed by atoms with Crippen LogP contribution in [-0.4, -0.2) is 26.1 Å². The second-order valence-corrected chi connectivity index (χ2v) is 6.17. The van der Waals surface area contributed by atoms with Gasteiger partial charge in [0.2, 0.25) is 5.90 Å². The summed E-state index contributed by atoms with van der Waals surface area (Å²) < 4.78 is 17.0. The topological polar surface area (TPSA) is 57.1 Å². The quantitative estimate of drug-likeness (QED) is 0.418. The number of carbonyl (C=O) groups excluding carboxylic acids is 1. The molecule has 0 amide bonds. The zero-order valence-electron chi connectivity index (χ0n) is 13.1. The van der Waals surface area contributed by atoms with Crippen LogP contribution >= 0.6 is 22.6 Å². The molecular weight excluding hydrogens is 421 g/mol. The van der Waals surface area contributed by atoms with Gasteiger partial charge in [-0.15, -0.1) is 0 Å². The molecule has 0 fully saturated rings. The average molecular weight is 435 g/mol. The zero-order valence-corrected chi connectivity index (χ0v) is 15.2. The molecule has 0 aliphatic carbocycles. The molecule has 0 N–H and O–H groups in total. The number of nitrogens with zero attached hydrogens (tertiary/aromatic N) is 1. The van der Waals surface area contributed by atoms with Crippen LogP contribution in [0.15, 0.2) is 53.2 Å². The lowest BCUT2D eigenvalue weighted by molar-refractivity contribution is -0.129. The maximum absolute atomic E-state index is 12.1. The number of para-hydroxylation sites is 1. The molecule has 0 saturated carbocycles. The van der Waals surface area contributed by atoms with E-state index in [0.717, 1.165) is 9.13 Å². The maximum Gasteiger partial charge on any atom is 0.363 e. The molecule has 2 aromatic rings. The first-order valence-electron chi connectivity index (χ1n) is 7.12. The van der Waals surface area contributed by atoms with Gasteiger partial charge in [-0.05, 0) is 59.0 Å². The number of hydrogen-bond acceptors (Lipinski definition) is 5. The molecule has 1 heterocycles. The highest BCUT2D eigenvalue weighted by atomic mass is 127. The largest absolute Gasteiger partial charge is 0.493 e. The molecule has 0 bridgehead atoms. The number of rotatable bonds is 4. The molecule has 1 aliphatic heterocycles. The van der Waals surface area contributed by atoms with Gasteiger partial charge in [0.15, 0.2) is 17.2 Å². The van der Waals surface area contributed by atoms with Crippen LogP contribution in [0.3, 0.4) is 0 Å². The van der Waals surface area contributed by atoms with E-state index in [1.165, 1.54) is 0 Å². The molecule has 24 heavy (non-hydrogen) atoms. The monoisotopic (exact) mass is 435 g/mol. The Labute approximate surface area is 153 Å². The molecule has 6 heteroatoms. The summed E-state index contributed by atoms with van der Waals surface area (Å²) in [6.07, 6.45) is 1.63. The van der Waals surface area contributed by atoms with Crippen LogP contribution in [-0.2, 0) is 9.53 Å². The van der Waals surface area contributed by atoms with Gasteiger partial charge in [0.1, 0.15) is 0 Å². The summed E-state index contributed by atoms with van der Waals surface area (Å²) in [5.41, 5.74) is 1.66. The van der Waals surface area contributed by atoms with Crippen molar-refractivity contribution in [2.45, 2.75) is 0 Å². The molecule has 2 aromatic carbocycles. The number of benzene rings is 2. The molecule has 0 spiro atoms. The van der Waals surface area contributed by atoms with Gasteiger partial charge in [0.25, 0.3) is 0 Å². The van der Waals surface area contributed by atoms with Gasteiger partial charge in [-0.1, -0.05) is 12.1 Å². The van der Waals surface area contributed by atoms with E-state index in [-0.39, 0.29) is 5.70 Å². The zero-order chi connectivity index (χ0) is 17.1. The number of halogens is 1. The average Bonchev–Trinajstić information content (AvgIpc) is 2.96. The second kappa shape index (κ2) is 7.04. The first-order valence-corrected chi connectivity index (χ1v) is 8.19. The fraction of sp³-hybridized carbons (Fsp3) is 0.111. The van der Waals surface area contributed by atoms with E-state index in [1.807, 2.05) is 36.4 Å². The third-order valence-electron chi connectivity index (χ3n) is 3.44. The number of carbonyl (C=O) groups is 1. The minimum Gasteiger partial charge on any atom is -0.493 e. The summed E-state index contributed by atoms with van der Waals surface area (Å²) in [5.74, 6) is 0.927. The summed E-state index contributed by atoms with van der Waals surface area (Å²) in [7, 11) is 3.11. The van der Waals surface area contributed by atoms with Crippen LogP contribution in [0, 0.1) is 3.57 Å². The fourth-order valence-corrected chi connectivity index (χ4v) is 2.66. The van der Waals surface area contributed by atoms with Crippen molar-refractivity contribution in [3.05, 3.63) is 62.9 Å². The number of ether oxygens (including phenoxy) is 3. The van der Waals surface area contributed by atoms with Crippen LogP contribution in [0.25, 0.3) is 6.08 Å². The van der Waals surface area contributed by atoms with Gasteiger partial charge < -0.3 is 14.2 Å². The molecule has 1 aliphatic rings. The molecule has 0 unspecified atom stereocenters. The van der Waals surface area contributed by atoms with Crippen LogP contribution in [0.5, 0.6) is 11.5 Å². The van der Waals surface area contributed by atoms with Gasteiger partial charge in [0.05, 0.1) is 14.2 Å². The summed E-state index contributed by atoms with van der Waals surface area (Å²) in [4.78, 5) is 16.4. The van der Waals surface area contributed by atoms with Gasteiger partial charge >= 0.3 is 5.97 Å². The van der Waals surface area contributed by atoms with Crippen molar-refractivity contribution in [1.82, 2.24) is 0 Å². The molecular formula is C18H14INO4. The van der Waals surface area contributed by atoms with E-state index < -0.39 is 5.97 Å². The number of esters is 1. The fourth-order valence-electron chi connectivity index (χ4n) is 2.30. The maximum atomic E-state index is 12.1. The lowest BCUT2D eigenvalue weighted by atomic mass is 10.1. The van der Waals surface area contributed by atoms with Crippen molar-refractivity contribution in [3.63, 3.8) is 0 Å². The van der Waals surface area contributed by atoms with Crippen molar-refractivity contribution in [2.24, 2.45) is 4.99 Å². The minimum absolute atomic E-state index is 0.218. The van der Waals surface area contributed by atoms with Gasteiger partial charge in [-0.2, -0.15) is 0 Å². The van der Waals surface area contributed by atoms with Crippen molar-refractivity contribution in [2.75, 3.05) is 14.2 Å². The summed E-state index contributed by atoms with van der Waals surface area (Å²) in [6.45, 7) is 0. The van der Waals surface area contributed by atoms with Gasteiger partial charge in [-0.25, -0.2) is 9.79 Å². The highest BCUT2D eigenvalue weighted by Crippen LogP contribution is 2.33. The first kappa shape index (κ1) is 16.5. The van der Waals surface area contributed by atoms with Crippen molar-refractivity contribution in [1.29, 1.82) is 0 Å². The predicted octanol–water partition coefficient (Wildman–Crippen LogP) is 3.65. The van der Waals surface area contributed by atoms with E-state index in [1.54, 1.807) is 26.4 Å². The summed E-state index contributed by atoms with van der Waals surface area (Å²) >= 11 is 2.21. The number of hydrogen-bond donors (Lipinski definition) is 0. The molecule has 0 saturated heterocycles. The lowest BCUT2D eigenvalue weighted by Gasteiger charge is -2.09. The Balaban J connectivity index is 1.99. The van der Waals surface area contributed by atoms with E-state index in [2.05, 4.69) is 27.6 Å². The lowest BCUT2D eigenvalue weighted by Crippen LogP contribution is -2.05. The highest BCUT2D eigenvalue weighted by Gasteiger charge is 2.24. The Morgan fingerprint density at radius 3 is 2.50 bits per heavy atom. The highest BCUT2D eigenvalue weighted by molar-refractivity contribution is 14.1. The standard InChI is InChI=1S/C18H14INO4/c1-22-15-5-3-4-12(16(15)23-2)10-14-18(21)24-17(20-14)11-6-8-13(19)9-7-11/h3-10H,1-2H3/b14-10-. The molecule has 5 nitrogen and oxygen atoms in total. The van der Waals surface area contributed by atoms with Gasteiger partial charge in [0, 0.05) is 14.7 Å². The molecule has 0 radical (unpaired) electrons. The van der Waals surface area contributed by atoms with E-state index in [4.69, 9.17) is 14.2 Å². The van der Waals surface area contributed by atoms with Crippen molar-refractivity contribution in [3.8, 4) is 11.5 Å². The SMILES string of the molecule is COc1cccc(/C=C2\N=C(c3ccc(I)cc3)OC2=O)c1OC. The third kappa shape index (κ3) is 3.28. The Morgan fingerprint density at radius 1 is 1.08 bits per heavy atom. The van der Waals surface area contributed by atoms with Crippen molar-refractivity contribution < 1.29 is 19.0 Å². The smallest absolute Gasteiger partial charge is 0.363 e.